The van der Waals surface area contributed by atoms with E-state index in [1.165, 1.54) is 19.3 Å². The summed E-state index contributed by atoms with van der Waals surface area (Å²) in [4.78, 5) is 15.1. The van der Waals surface area contributed by atoms with Crippen molar-refractivity contribution in [1.29, 1.82) is 0 Å². The largest absolute Gasteiger partial charge is 0.497 e. The Balaban J connectivity index is 1.71. The van der Waals surface area contributed by atoms with Crippen LogP contribution in [0.25, 0.3) is 0 Å². The molecule has 0 radical (unpaired) electrons. The first-order chi connectivity index (χ1) is 12.7. The van der Waals surface area contributed by atoms with Crippen molar-refractivity contribution in [3.63, 3.8) is 0 Å². The van der Waals surface area contributed by atoms with Gasteiger partial charge >= 0.3 is 0 Å². The van der Waals surface area contributed by atoms with Gasteiger partial charge in [-0.25, -0.2) is 0 Å². The molecule has 2 heterocycles. The van der Waals surface area contributed by atoms with Gasteiger partial charge in [-0.15, -0.1) is 0 Å². The van der Waals surface area contributed by atoms with Crippen molar-refractivity contribution in [3.8, 4) is 11.5 Å². The van der Waals surface area contributed by atoms with Gasteiger partial charge in [0.2, 0.25) is 0 Å². The molecule has 140 valence electrons. The molecule has 1 aliphatic rings. The van der Waals surface area contributed by atoms with Crippen LogP contribution in [0.4, 0.5) is 0 Å². The number of ether oxygens (including phenoxy) is 2. The summed E-state index contributed by atoms with van der Waals surface area (Å²) in [5.41, 5.74) is 0.491. The van der Waals surface area contributed by atoms with Crippen LogP contribution in [0.3, 0.4) is 0 Å². The number of rotatable bonds is 7. The number of hydrogen-bond donors (Lipinski definition) is 1. The van der Waals surface area contributed by atoms with E-state index < -0.39 is 0 Å². The highest BCUT2D eigenvalue weighted by Crippen LogP contribution is 2.26. The van der Waals surface area contributed by atoms with Crippen molar-refractivity contribution in [2.45, 2.75) is 25.3 Å². The van der Waals surface area contributed by atoms with Gasteiger partial charge in [0.05, 0.1) is 32.1 Å². The predicted molar refractivity (Wildman–Crippen MR) is 98.8 cm³/mol. The molecule has 1 atom stereocenters. The molecule has 1 N–H and O–H groups in total. The molecular formula is C20H26N2O4. The van der Waals surface area contributed by atoms with Gasteiger partial charge in [-0.1, -0.05) is 6.42 Å². The maximum absolute atomic E-state index is 12.7. The summed E-state index contributed by atoms with van der Waals surface area (Å²) < 4.78 is 16.1. The molecule has 1 aromatic heterocycles. The number of carbonyl (C=O) groups is 1. The molecule has 2 aromatic rings. The minimum absolute atomic E-state index is 0.0403. The number of nitrogens with one attached hydrogen (secondary N) is 1. The summed E-state index contributed by atoms with van der Waals surface area (Å²) in [6, 6.07) is 9.09. The van der Waals surface area contributed by atoms with Crippen LogP contribution < -0.4 is 14.8 Å². The summed E-state index contributed by atoms with van der Waals surface area (Å²) in [5, 5.41) is 3.04. The molecule has 1 aromatic carbocycles. The first kappa shape index (κ1) is 18.3. The van der Waals surface area contributed by atoms with Crippen molar-refractivity contribution in [3.05, 3.63) is 47.9 Å². The fourth-order valence-corrected chi connectivity index (χ4v) is 3.39. The van der Waals surface area contributed by atoms with Crippen LogP contribution >= 0.6 is 0 Å². The van der Waals surface area contributed by atoms with E-state index >= 15 is 0 Å². The van der Waals surface area contributed by atoms with Crippen molar-refractivity contribution in [2.75, 3.05) is 33.9 Å². The molecule has 1 saturated heterocycles. The Hall–Kier alpha value is -2.47. The van der Waals surface area contributed by atoms with Gasteiger partial charge in [0, 0.05) is 12.6 Å². The number of carbonyl (C=O) groups excluding carboxylic acids is 1. The van der Waals surface area contributed by atoms with E-state index in [2.05, 4.69) is 10.2 Å². The van der Waals surface area contributed by atoms with E-state index in [9.17, 15) is 4.79 Å². The molecule has 6 heteroatoms. The van der Waals surface area contributed by atoms with Gasteiger partial charge in [-0.05, 0) is 50.2 Å². The average molecular weight is 358 g/mol. The summed E-state index contributed by atoms with van der Waals surface area (Å²) >= 11 is 0. The molecule has 1 fully saturated rings. The quantitative estimate of drug-likeness (QED) is 0.823. The van der Waals surface area contributed by atoms with Gasteiger partial charge in [0.1, 0.15) is 17.3 Å². The molecular weight excluding hydrogens is 332 g/mol. The summed E-state index contributed by atoms with van der Waals surface area (Å²) in [7, 11) is 3.13. The second-order valence-electron chi connectivity index (χ2n) is 6.40. The Labute approximate surface area is 154 Å². The Morgan fingerprint density at radius 3 is 2.65 bits per heavy atom. The van der Waals surface area contributed by atoms with Gasteiger partial charge in [-0.2, -0.15) is 0 Å². The van der Waals surface area contributed by atoms with E-state index in [1.807, 2.05) is 12.1 Å². The lowest BCUT2D eigenvalue weighted by Gasteiger charge is -2.33. The SMILES string of the molecule is COc1ccc(C(=O)NCC(c2ccco2)N2CCCCC2)c(OC)c1. The van der Waals surface area contributed by atoms with E-state index in [-0.39, 0.29) is 11.9 Å². The average Bonchev–Trinajstić information content (AvgIpc) is 3.22. The number of benzene rings is 1. The first-order valence-electron chi connectivity index (χ1n) is 9.00. The van der Waals surface area contributed by atoms with Crippen LogP contribution in [0.5, 0.6) is 11.5 Å². The second kappa shape index (κ2) is 8.76. The summed E-state index contributed by atoms with van der Waals surface area (Å²) in [5.74, 6) is 1.86. The third-order valence-corrected chi connectivity index (χ3v) is 4.81. The maximum atomic E-state index is 12.7. The summed E-state index contributed by atoms with van der Waals surface area (Å²) in [6.45, 7) is 2.53. The molecule has 0 bridgehead atoms. The molecule has 0 aliphatic carbocycles. The number of nitrogens with zero attached hydrogens (tertiary/aromatic N) is 1. The van der Waals surface area contributed by atoms with Gasteiger partial charge in [-0.3, -0.25) is 9.69 Å². The zero-order valence-corrected chi connectivity index (χ0v) is 15.4. The predicted octanol–water partition coefficient (Wildman–Crippen LogP) is 3.25. The third-order valence-electron chi connectivity index (χ3n) is 4.81. The van der Waals surface area contributed by atoms with Gasteiger partial charge < -0.3 is 19.2 Å². The number of likely N-dealkylation sites (tertiary alicyclic amines) is 1. The molecule has 0 saturated carbocycles. The van der Waals surface area contributed by atoms with Crippen LogP contribution in [0.2, 0.25) is 0 Å². The third kappa shape index (κ3) is 4.19. The van der Waals surface area contributed by atoms with Crippen molar-refractivity contribution in [2.24, 2.45) is 0 Å². The van der Waals surface area contributed by atoms with E-state index in [4.69, 9.17) is 13.9 Å². The zero-order valence-electron chi connectivity index (χ0n) is 15.4. The van der Waals surface area contributed by atoms with Crippen LogP contribution in [0.15, 0.2) is 41.0 Å². The van der Waals surface area contributed by atoms with Crippen LogP contribution in [0, 0.1) is 0 Å². The number of methoxy groups -OCH3 is 2. The number of amides is 1. The van der Waals surface area contributed by atoms with E-state index in [0.717, 1.165) is 18.8 Å². The van der Waals surface area contributed by atoms with Crippen LogP contribution in [-0.4, -0.2) is 44.7 Å². The normalized spacial score (nSPS) is 16.1. The minimum Gasteiger partial charge on any atom is -0.497 e. The highest BCUT2D eigenvalue weighted by Gasteiger charge is 2.25. The Bertz CT molecular complexity index is 709. The van der Waals surface area contributed by atoms with Crippen molar-refractivity contribution < 1.29 is 18.7 Å². The van der Waals surface area contributed by atoms with Crippen LogP contribution in [-0.2, 0) is 0 Å². The highest BCUT2D eigenvalue weighted by atomic mass is 16.5. The molecule has 6 nitrogen and oxygen atoms in total. The van der Waals surface area contributed by atoms with E-state index in [1.54, 1.807) is 38.7 Å². The lowest BCUT2D eigenvalue weighted by molar-refractivity contribution is 0.0911. The Kier molecular flexibility index (Phi) is 6.17. The molecule has 3 rings (SSSR count). The van der Waals surface area contributed by atoms with Gasteiger partial charge in [0.25, 0.3) is 5.91 Å². The second-order valence-corrected chi connectivity index (χ2v) is 6.40. The fourth-order valence-electron chi connectivity index (χ4n) is 3.39. The van der Waals surface area contributed by atoms with E-state index in [0.29, 0.717) is 23.6 Å². The topological polar surface area (TPSA) is 63.9 Å². The first-order valence-corrected chi connectivity index (χ1v) is 9.00. The zero-order chi connectivity index (χ0) is 18.4. The number of hydrogen-bond acceptors (Lipinski definition) is 5. The smallest absolute Gasteiger partial charge is 0.255 e. The summed E-state index contributed by atoms with van der Waals surface area (Å²) in [6.07, 6.45) is 5.30. The minimum atomic E-state index is -0.168. The number of piperidine rings is 1. The highest BCUT2D eigenvalue weighted by molar-refractivity contribution is 5.97. The molecule has 1 amide bonds. The molecule has 0 spiro atoms. The maximum Gasteiger partial charge on any atom is 0.255 e. The molecule has 26 heavy (non-hydrogen) atoms. The number of furan rings is 1. The van der Waals surface area contributed by atoms with Crippen LogP contribution in [0.1, 0.15) is 41.4 Å². The fraction of sp³-hybridized carbons (Fsp3) is 0.450. The lowest BCUT2D eigenvalue weighted by atomic mass is 10.1. The monoisotopic (exact) mass is 358 g/mol. The standard InChI is InChI=1S/C20H26N2O4/c1-24-15-8-9-16(19(13-15)25-2)20(23)21-14-17(18-7-6-12-26-18)22-10-4-3-5-11-22/h6-9,12-13,17H,3-5,10-11,14H2,1-2H3,(H,21,23). The lowest BCUT2D eigenvalue weighted by Crippen LogP contribution is -2.40. The Morgan fingerprint density at radius 2 is 2.00 bits per heavy atom. The van der Waals surface area contributed by atoms with Crippen molar-refractivity contribution >= 4 is 5.91 Å². The Morgan fingerprint density at radius 1 is 1.19 bits per heavy atom. The molecule has 1 aliphatic heterocycles. The van der Waals surface area contributed by atoms with Gasteiger partial charge in [0.15, 0.2) is 0 Å². The molecule has 1 unspecified atom stereocenters. The van der Waals surface area contributed by atoms with Crippen molar-refractivity contribution in [1.82, 2.24) is 10.2 Å².